The van der Waals surface area contributed by atoms with E-state index in [0.29, 0.717) is 18.8 Å². The van der Waals surface area contributed by atoms with Crippen molar-refractivity contribution in [1.82, 2.24) is 0 Å². The summed E-state index contributed by atoms with van der Waals surface area (Å²) in [6.07, 6.45) is 8.39. The summed E-state index contributed by atoms with van der Waals surface area (Å²) in [5.74, 6) is 1.25. The molecule has 1 unspecified atom stereocenters. The highest BCUT2D eigenvalue weighted by molar-refractivity contribution is 5.74. The van der Waals surface area contributed by atoms with Crippen molar-refractivity contribution in [3.8, 4) is 11.5 Å². The van der Waals surface area contributed by atoms with E-state index in [0.717, 1.165) is 41.7 Å². The van der Waals surface area contributed by atoms with E-state index in [2.05, 4.69) is 19.9 Å². The first kappa shape index (κ1) is 19.8. The van der Waals surface area contributed by atoms with Gasteiger partial charge in [-0.3, -0.25) is 4.79 Å². The molecule has 4 nitrogen and oxygen atoms in total. The smallest absolute Gasteiger partial charge is 0.311 e. The molecular weight excluding hydrogens is 316 g/mol. The fraction of sp³-hybridized carbons (Fsp3) is 0.667. The molecule has 0 amide bonds. The van der Waals surface area contributed by atoms with Crippen LogP contribution in [0.25, 0.3) is 0 Å². The van der Waals surface area contributed by atoms with E-state index in [-0.39, 0.29) is 12.1 Å². The molecule has 1 aromatic rings. The number of unbranched alkanes of at least 4 members (excludes halogenated alkanes) is 5. The first-order valence-electron chi connectivity index (χ1n) is 9.58. The van der Waals surface area contributed by atoms with Gasteiger partial charge in [0.25, 0.3) is 0 Å². The van der Waals surface area contributed by atoms with Gasteiger partial charge in [0.1, 0.15) is 11.5 Å². The summed E-state index contributed by atoms with van der Waals surface area (Å²) in [4.78, 5) is 12.3. The Hall–Kier alpha value is -1.55. The van der Waals surface area contributed by atoms with Crippen LogP contribution in [-0.4, -0.2) is 19.2 Å². The molecule has 2 rings (SSSR count). The zero-order valence-corrected chi connectivity index (χ0v) is 16.2. The molecule has 1 heterocycles. The van der Waals surface area contributed by atoms with Crippen molar-refractivity contribution in [3.63, 3.8) is 0 Å². The van der Waals surface area contributed by atoms with Gasteiger partial charge in [-0.2, -0.15) is 0 Å². The summed E-state index contributed by atoms with van der Waals surface area (Å²) in [5.41, 5.74) is 3.02. The van der Waals surface area contributed by atoms with Crippen LogP contribution in [0.1, 0.15) is 75.5 Å². The minimum atomic E-state index is -0.160. The van der Waals surface area contributed by atoms with Crippen molar-refractivity contribution in [2.24, 2.45) is 0 Å². The molecule has 1 aliphatic heterocycles. The van der Waals surface area contributed by atoms with Crippen LogP contribution in [0.4, 0.5) is 0 Å². The molecule has 1 atom stereocenters. The first-order chi connectivity index (χ1) is 12.1. The molecule has 0 radical (unpaired) electrons. The highest BCUT2D eigenvalue weighted by Crippen LogP contribution is 2.38. The normalized spacial score (nSPS) is 16.4. The fourth-order valence-corrected chi connectivity index (χ4v) is 3.34. The maximum atomic E-state index is 12.3. The average Bonchev–Trinajstić information content (AvgIpc) is 2.60. The number of ether oxygens (including phenoxy) is 3. The van der Waals surface area contributed by atoms with Gasteiger partial charge in [-0.1, -0.05) is 39.0 Å². The second kappa shape index (κ2) is 9.81. The number of carbonyl (C=O) groups excluding carboxylic acids is 1. The Balaban J connectivity index is 2.00. The van der Waals surface area contributed by atoms with Gasteiger partial charge in [-0.05, 0) is 38.3 Å². The van der Waals surface area contributed by atoms with E-state index < -0.39 is 0 Å². The van der Waals surface area contributed by atoms with Gasteiger partial charge in [-0.15, -0.1) is 0 Å². The van der Waals surface area contributed by atoms with Crippen LogP contribution in [0.3, 0.4) is 0 Å². The molecule has 0 spiro atoms. The van der Waals surface area contributed by atoms with E-state index in [1.807, 2.05) is 6.92 Å². The standard InChI is InChI=1S/C21H32O4/c1-5-6-7-8-9-10-11-20(22)25-21-16(3)19(23-4)13-17-12-15(2)24-14-18(17)21/h13,15H,5-12,14H2,1-4H3. The summed E-state index contributed by atoms with van der Waals surface area (Å²) in [6.45, 7) is 6.68. The Morgan fingerprint density at radius 3 is 2.68 bits per heavy atom. The number of rotatable bonds is 9. The molecule has 1 aromatic carbocycles. The van der Waals surface area contributed by atoms with Crippen LogP contribution in [0.2, 0.25) is 0 Å². The summed E-state index contributed by atoms with van der Waals surface area (Å²) < 4.78 is 17.0. The Morgan fingerprint density at radius 1 is 1.24 bits per heavy atom. The van der Waals surface area contributed by atoms with Crippen LogP contribution in [-0.2, 0) is 22.6 Å². The van der Waals surface area contributed by atoms with Gasteiger partial charge in [0.05, 0.1) is 19.8 Å². The van der Waals surface area contributed by atoms with E-state index in [4.69, 9.17) is 14.2 Å². The third-order valence-corrected chi connectivity index (χ3v) is 4.87. The Kier molecular flexibility index (Phi) is 7.76. The predicted octanol–water partition coefficient (Wildman–Crippen LogP) is 5.12. The molecule has 25 heavy (non-hydrogen) atoms. The lowest BCUT2D eigenvalue weighted by Crippen LogP contribution is -2.21. The van der Waals surface area contributed by atoms with Crippen molar-refractivity contribution in [3.05, 3.63) is 22.8 Å². The summed E-state index contributed by atoms with van der Waals surface area (Å²) in [6, 6.07) is 2.05. The number of hydrogen-bond acceptors (Lipinski definition) is 4. The van der Waals surface area contributed by atoms with E-state index in [1.54, 1.807) is 7.11 Å². The van der Waals surface area contributed by atoms with Crippen molar-refractivity contribution >= 4 is 5.97 Å². The maximum Gasteiger partial charge on any atom is 0.311 e. The molecule has 0 aliphatic carbocycles. The van der Waals surface area contributed by atoms with Crippen molar-refractivity contribution in [2.45, 2.75) is 84.8 Å². The van der Waals surface area contributed by atoms with Crippen LogP contribution in [0.5, 0.6) is 11.5 Å². The molecular formula is C21H32O4. The van der Waals surface area contributed by atoms with E-state index in [9.17, 15) is 4.79 Å². The molecule has 0 saturated heterocycles. The zero-order valence-electron chi connectivity index (χ0n) is 16.2. The lowest BCUT2D eigenvalue weighted by Gasteiger charge is -2.26. The average molecular weight is 348 g/mol. The topological polar surface area (TPSA) is 44.8 Å². The van der Waals surface area contributed by atoms with Gasteiger partial charge in [0, 0.05) is 17.5 Å². The Morgan fingerprint density at radius 2 is 1.96 bits per heavy atom. The lowest BCUT2D eigenvalue weighted by atomic mass is 9.95. The Labute approximate surface area is 151 Å². The van der Waals surface area contributed by atoms with Gasteiger partial charge >= 0.3 is 5.97 Å². The molecule has 0 saturated carbocycles. The zero-order chi connectivity index (χ0) is 18.2. The molecule has 1 aliphatic rings. The van der Waals surface area contributed by atoms with Crippen LogP contribution >= 0.6 is 0 Å². The second-order valence-electron chi connectivity index (χ2n) is 6.99. The van der Waals surface area contributed by atoms with Crippen molar-refractivity contribution < 1.29 is 19.0 Å². The molecule has 4 heteroatoms. The first-order valence-corrected chi connectivity index (χ1v) is 9.58. The monoisotopic (exact) mass is 348 g/mol. The van der Waals surface area contributed by atoms with Crippen LogP contribution in [0, 0.1) is 6.92 Å². The predicted molar refractivity (Wildman–Crippen MR) is 99.3 cm³/mol. The minimum Gasteiger partial charge on any atom is -0.496 e. The van der Waals surface area contributed by atoms with Gasteiger partial charge < -0.3 is 14.2 Å². The molecule has 0 aromatic heterocycles. The largest absolute Gasteiger partial charge is 0.496 e. The minimum absolute atomic E-state index is 0.160. The summed E-state index contributed by atoms with van der Waals surface area (Å²) in [5, 5.41) is 0. The second-order valence-corrected chi connectivity index (χ2v) is 6.99. The van der Waals surface area contributed by atoms with Crippen molar-refractivity contribution in [2.75, 3.05) is 7.11 Å². The highest BCUT2D eigenvalue weighted by Gasteiger charge is 2.24. The third-order valence-electron chi connectivity index (χ3n) is 4.87. The number of carbonyl (C=O) groups is 1. The molecule has 140 valence electrons. The maximum absolute atomic E-state index is 12.3. The third kappa shape index (κ3) is 5.46. The van der Waals surface area contributed by atoms with Crippen molar-refractivity contribution in [1.29, 1.82) is 0 Å². The number of methoxy groups -OCH3 is 1. The highest BCUT2D eigenvalue weighted by atomic mass is 16.5. The Bertz CT molecular complexity index is 580. The van der Waals surface area contributed by atoms with Gasteiger partial charge in [-0.25, -0.2) is 0 Å². The van der Waals surface area contributed by atoms with Crippen LogP contribution in [0.15, 0.2) is 6.07 Å². The number of esters is 1. The number of fused-ring (bicyclic) bond motifs is 1. The number of benzene rings is 1. The lowest BCUT2D eigenvalue weighted by molar-refractivity contribution is -0.134. The van der Waals surface area contributed by atoms with E-state index in [1.165, 1.54) is 25.7 Å². The summed E-state index contributed by atoms with van der Waals surface area (Å²) in [7, 11) is 1.65. The van der Waals surface area contributed by atoms with Gasteiger partial charge in [0.15, 0.2) is 0 Å². The molecule has 0 bridgehead atoms. The number of hydrogen-bond donors (Lipinski definition) is 0. The fourth-order valence-electron chi connectivity index (χ4n) is 3.34. The SMILES string of the molecule is CCCCCCCCC(=O)Oc1c(C)c(OC)cc2c1COC(C)C2. The van der Waals surface area contributed by atoms with E-state index >= 15 is 0 Å². The van der Waals surface area contributed by atoms with Crippen LogP contribution < -0.4 is 9.47 Å². The molecule has 0 fully saturated rings. The molecule has 0 N–H and O–H groups in total. The quantitative estimate of drug-likeness (QED) is 0.353. The summed E-state index contributed by atoms with van der Waals surface area (Å²) >= 11 is 0. The van der Waals surface area contributed by atoms with Gasteiger partial charge in [0.2, 0.25) is 0 Å².